The van der Waals surface area contributed by atoms with Gasteiger partial charge in [0.1, 0.15) is 0 Å². The highest BCUT2D eigenvalue weighted by atomic mass is 16.5. The molecule has 0 aromatic rings. The van der Waals surface area contributed by atoms with E-state index in [1.807, 2.05) is 13.8 Å². The minimum atomic E-state index is -0.158. The minimum absolute atomic E-state index is 0.00676. The highest BCUT2D eigenvalue weighted by molar-refractivity contribution is 5.78. The standard InChI is InChI=1S/C11H24N2O2/c1-7(2)10(15-5)6-13-11(14)8(3)9(4)12/h7-10H,6,12H2,1-5H3,(H,13,14). The summed E-state index contributed by atoms with van der Waals surface area (Å²) in [6, 6.07) is -0.120. The number of hydrogen-bond acceptors (Lipinski definition) is 3. The number of amides is 1. The lowest BCUT2D eigenvalue weighted by molar-refractivity contribution is -0.125. The highest BCUT2D eigenvalue weighted by Crippen LogP contribution is 2.05. The van der Waals surface area contributed by atoms with E-state index in [9.17, 15) is 4.79 Å². The molecule has 1 amide bonds. The van der Waals surface area contributed by atoms with E-state index in [4.69, 9.17) is 10.5 Å². The number of rotatable bonds is 6. The summed E-state index contributed by atoms with van der Waals surface area (Å²) >= 11 is 0. The highest BCUT2D eigenvalue weighted by Gasteiger charge is 2.19. The molecule has 0 saturated heterocycles. The van der Waals surface area contributed by atoms with Gasteiger partial charge in [-0.25, -0.2) is 0 Å². The molecule has 0 aliphatic carbocycles. The zero-order chi connectivity index (χ0) is 12.0. The molecule has 3 N–H and O–H groups in total. The van der Waals surface area contributed by atoms with E-state index >= 15 is 0 Å². The number of hydrogen-bond donors (Lipinski definition) is 2. The Labute approximate surface area is 92.6 Å². The number of carbonyl (C=O) groups excluding carboxylic acids is 1. The zero-order valence-corrected chi connectivity index (χ0v) is 10.4. The number of ether oxygens (including phenoxy) is 1. The first-order valence-electron chi connectivity index (χ1n) is 5.46. The fourth-order valence-corrected chi connectivity index (χ4v) is 1.19. The van der Waals surface area contributed by atoms with Crippen molar-refractivity contribution in [3.63, 3.8) is 0 Å². The molecule has 0 aromatic carbocycles. The van der Waals surface area contributed by atoms with Gasteiger partial charge in [-0.05, 0) is 12.8 Å². The van der Waals surface area contributed by atoms with Gasteiger partial charge in [-0.1, -0.05) is 20.8 Å². The normalized spacial score (nSPS) is 17.3. The molecule has 4 heteroatoms. The van der Waals surface area contributed by atoms with Gasteiger partial charge in [-0.2, -0.15) is 0 Å². The van der Waals surface area contributed by atoms with Crippen molar-refractivity contribution in [2.45, 2.75) is 39.8 Å². The topological polar surface area (TPSA) is 64.3 Å². The average Bonchev–Trinajstić information content (AvgIpc) is 2.16. The van der Waals surface area contributed by atoms with Gasteiger partial charge < -0.3 is 15.8 Å². The predicted molar refractivity (Wildman–Crippen MR) is 61.5 cm³/mol. The van der Waals surface area contributed by atoms with Gasteiger partial charge in [0, 0.05) is 25.6 Å². The quantitative estimate of drug-likeness (QED) is 0.689. The lowest BCUT2D eigenvalue weighted by Gasteiger charge is -2.21. The molecule has 0 spiro atoms. The first-order chi connectivity index (χ1) is 6.90. The molecule has 0 aromatic heterocycles. The van der Waals surface area contributed by atoms with Crippen LogP contribution in [0.3, 0.4) is 0 Å². The fraction of sp³-hybridized carbons (Fsp3) is 0.909. The fourth-order valence-electron chi connectivity index (χ4n) is 1.19. The Morgan fingerprint density at radius 1 is 1.33 bits per heavy atom. The molecule has 4 nitrogen and oxygen atoms in total. The molecule has 0 aliphatic rings. The van der Waals surface area contributed by atoms with E-state index in [-0.39, 0.29) is 24.0 Å². The monoisotopic (exact) mass is 216 g/mol. The summed E-state index contributed by atoms with van der Waals surface area (Å²) in [7, 11) is 1.66. The minimum Gasteiger partial charge on any atom is -0.379 e. The molecule has 0 saturated carbocycles. The van der Waals surface area contributed by atoms with Crippen LogP contribution in [0.5, 0.6) is 0 Å². The molecule has 3 unspecified atom stereocenters. The lowest BCUT2D eigenvalue weighted by Crippen LogP contribution is -2.42. The smallest absolute Gasteiger partial charge is 0.224 e. The van der Waals surface area contributed by atoms with Crippen molar-refractivity contribution in [3.8, 4) is 0 Å². The summed E-state index contributed by atoms with van der Waals surface area (Å²) in [6.45, 7) is 8.34. The summed E-state index contributed by atoms with van der Waals surface area (Å²) in [5.74, 6) is 0.225. The number of methoxy groups -OCH3 is 1. The van der Waals surface area contributed by atoms with Crippen LogP contribution in [0.25, 0.3) is 0 Å². The number of nitrogens with two attached hydrogens (primary N) is 1. The van der Waals surface area contributed by atoms with Crippen LogP contribution in [0.2, 0.25) is 0 Å². The third kappa shape index (κ3) is 5.14. The van der Waals surface area contributed by atoms with E-state index in [1.54, 1.807) is 7.11 Å². The summed E-state index contributed by atoms with van der Waals surface area (Å²) in [5.41, 5.74) is 5.64. The maximum atomic E-state index is 11.6. The zero-order valence-electron chi connectivity index (χ0n) is 10.4. The predicted octanol–water partition coefficient (Wildman–Crippen LogP) is 0.757. The maximum absolute atomic E-state index is 11.6. The van der Waals surface area contributed by atoms with Crippen LogP contribution >= 0.6 is 0 Å². The van der Waals surface area contributed by atoms with Gasteiger partial charge in [-0.15, -0.1) is 0 Å². The van der Waals surface area contributed by atoms with Crippen molar-refractivity contribution < 1.29 is 9.53 Å². The van der Waals surface area contributed by atoms with Crippen LogP contribution in [0.4, 0.5) is 0 Å². The summed E-state index contributed by atoms with van der Waals surface area (Å²) < 4.78 is 5.26. The van der Waals surface area contributed by atoms with Gasteiger partial charge in [0.05, 0.1) is 6.10 Å². The van der Waals surface area contributed by atoms with Crippen molar-refractivity contribution in [2.75, 3.05) is 13.7 Å². The largest absolute Gasteiger partial charge is 0.379 e. The van der Waals surface area contributed by atoms with Gasteiger partial charge >= 0.3 is 0 Å². The van der Waals surface area contributed by atoms with Gasteiger partial charge in [0.25, 0.3) is 0 Å². The molecular weight excluding hydrogens is 192 g/mol. The molecular formula is C11H24N2O2. The van der Waals surface area contributed by atoms with Crippen LogP contribution in [0, 0.1) is 11.8 Å². The second-order valence-electron chi connectivity index (χ2n) is 4.41. The molecule has 0 bridgehead atoms. The van der Waals surface area contributed by atoms with Crippen molar-refractivity contribution in [2.24, 2.45) is 17.6 Å². The van der Waals surface area contributed by atoms with Crippen LogP contribution in [0.15, 0.2) is 0 Å². The number of nitrogens with one attached hydrogen (secondary N) is 1. The third-order valence-electron chi connectivity index (χ3n) is 2.73. The van der Waals surface area contributed by atoms with Gasteiger partial charge in [0.15, 0.2) is 0 Å². The Balaban J connectivity index is 3.98. The Morgan fingerprint density at radius 3 is 2.20 bits per heavy atom. The summed E-state index contributed by atoms with van der Waals surface area (Å²) in [4.78, 5) is 11.6. The Bertz CT molecular complexity index is 193. The third-order valence-corrected chi connectivity index (χ3v) is 2.73. The van der Waals surface area contributed by atoms with Crippen LogP contribution in [-0.4, -0.2) is 31.7 Å². The van der Waals surface area contributed by atoms with E-state index in [0.717, 1.165) is 0 Å². The van der Waals surface area contributed by atoms with Crippen LogP contribution < -0.4 is 11.1 Å². The number of carbonyl (C=O) groups is 1. The summed E-state index contributed by atoms with van der Waals surface area (Å²) in [6.07, 6.45) is 0.0641. The van der Waals surface area contributed by atoms with Crippen LogP contribution in [0.1, 0.15) is 27.7 Å². The van der Waals surface area contributed by atoms with Crippen molar-refractivity contribution >= 4 is 5.91 Å². The van der Waals surface area contributed by atoms with Crippen LogP contribution in [-0.2, 0) is 9.53 Å². The molecule has 3 atom stereocenters. The van der Waals surface area contributed by atoms with Crippen molar-refractivity contribution in [3.05, 3.63) is 0 Å². The molecule has 0 fully saturated rings. The van der Waals surface area contributed by atoms with E-state index in [1.165, 1.54) is 0 Å². The summed E-state index contributed by atoms with van der Waals surface area (Å²) in [5, 5.41) is 2.85. The molecule has 0 rings (SSSR count). The Morgan fingerprint density at radius 2 is 1.87 bits per heavy atom. The second kappa shape index (κ2) is 6.80. The first-order valence-corrected chi connectivity index (χ1v) is 5.46. The van der Waals surface area contributed by atoms with Crippen molar-refractivity contribution in [1.29, 1.82) is 0 Å². The molecule has 0 aliphatic heterocycles. The van der Waals surface area contributed by atoms with E-state index in [0.29, 0.717) is 12.5 Å². The van der Waals surface area contributed by atoms with Gasteiger partial charge in [0.2, 0.25) is 5.91 Å². The molecule has 0 heterocycles. The Hall–Kier alpha value is -0.610. The average molecular weight is 216 g/mol. The van der Waals surface area contributed by atoms with Gasteiger partial charge in [-0.3, -0.25) is 4.79 Å². The van der Waals surface area contributed by atoms with E-state index in [2.05, 4.69) is 19.2 Å². The SMILES string of the molecule is COC(CNC(=O)C(C)C(C)N)C(C)C. The maximum Gasteiger partial charge on any atom is 0.224 e. The van der Waals surface area contributed by atoms with E-state index < -0.39 is 0 Å². The molecule has 90 valence electrons. The first kappa shape index (κ1) is 14.4. The van der Waals surface area contributed by atoms with Crippen molar-refractivity contribution in [1.82, 2.24) is 5.32 Å². The molecule has 15 heavy (non-hydrogen) atoms. The second-order valence-corrected chi connectivity index (χ2v) is 4.41. The lowest BCUT2D eigenvalue weighted by atomic mass is 10.0. The molecule has 0 radical (unpaired) electrons. The Kier molecular flexibility index (Phi) is 6.52.